The van der Waals surface area contributed by atoms with Crippen LogP contribution in [0.25, 0.3) is 0 Å². The summed E-state index contributed by atoms with van der Waals surface area (Å²) in [6.45, 7) is 1.85. The molecule has 1 aromatic heterocycles. The van der Waals surface area contributed by atoms with Gasteiger partial charge in [-0.3, -0.25) is 0 Å². The Labute approximate surface area is 127 Å². The van der Waals surface area contributed by atoms with Crippen molar-refractivity contribution in [2.45, 2.75) is 13.0 Å². The number of ether oxygens (including phenoxy) is 1. The molecule has 0 radical (unpaired) electrons. The molecule has 6 heteroatoms. The number of hydrogen-bond acceptors (Lipinski definition) is 5. The van der Waals surface area contributed by atoms with E-state index in [0.717, 1.165) is 0 Å². The Balaban J connectivity index is 2.20. The summed E-state index contributed by atoms with van der Waals surface area (Å²) in [6, 6.07) is 10.0. The summed E-state index contributed by atoms with van der Waals surface area (Å²) in [6.07, 6.45) is 0. The van der Waals surface area contributed by atoms with E-state index in [2.05, 4.69) is 16.1 Å². The molecule has 21 heavy (non-hydrogen) atoms. The van der Waals surface area contributed by atoms with E-state index in [1.54, 1.807) is 30.3 Å². The Morgan fingerprint density at radius 2 is 2.19 bits per heavy atom. The zero-order valence-electron chi connectivity index (χ0n) is 11.5. The van der Waals surface area contributed by atoms with E-state index in [1.165, 1.54) is 7.11 Å². The maximum Gasteiger partial charge on any atom is 0.373 e. The summed E-state index contributed by atoms with van der Waals surface area (Å²) in [4.78, 5) is 11.4. The molecule has 0 saturated carbocycles. The number of nitrogens with zero attached hydrogens (tertiary/aromatic N) is 1. The molecule has 5 nitrogen and oxygen atoms in total. The number of nitriles is 1. The van der Waals surface area contributed by atoms with Gasteiger partial charge < -0.3 is 14.5 Å². The first-order valence-electron chi connectivity index (χ1n) is 6.19. The average Bonchev–Trinajstić information content (AvgIpc) is 2.96. The lowest BCUT2D eigenvalue weighted by molar-refractivity contribution is 0.0562. The highest BCUT2D eigenvalue weighted by Crippen LogP contribution is 2.26. The average molecular weight is 305 g/mol. The third-order valence-corrected chi connectivity index (χ3v) is 3.15. The first-order valence-corrected chi connectivity index (χ1v) is 6.57. The van der Waals surface area contributed by atoms with Gasteiger partial charge in [0, 0.05) is 5.02 Å². The van der Waals surface area contributed by atoms with Crippen LogP contribution >= 0.6 is 11.6 Å². The SMILES string of the molecule is COC(=O)c1ccc(C(C)Nc2cc(Cl)ccc2C#N)o1. The number of nitrogens with one attached hydrogen (secondary N) is 1. The second-order valence-corrected chi connectivity index (χ2v) is 4.80. The molecule has 1 N–H and O–H groups in total. The van der Waals surface area contributed by atoms with Crippen molar-refractivity contribution in [1.29, 1.82) is 5.26 Å². The number of benzene rings is 1. The maximum atomic E-state index is 11.4. The van der Waals surface area contributed by atoms with E-state index in [0.29, 0.717) is 22.0 Å². The van der Waals surface area contributed by atoms with E-state index < -0.39 is 5.97 Å². The van der Waals surface area contributed by atoms with Gasteiger partial charge in [0.1, 0.15) is 11.8 Å². The quantitative estimate of drug-likeness (QED) is 0.870. The van der Waals surface area contributed by atoms with Crippen LogP contribution < -0.4 is 5.32 Å². The number of esters is 1. The van der Waals surface area contributed by atoms with Crippen molar-refractivity contribution >= 4 is 23.3 Å². The molecule has 1 heterocycles. The van der Waals surface area contributed by atoms with Gasteiger partial charge in [-0.15, -0.1) is 0 Å². The Hall–Kier alpha value is -2.45. The molecule has 108 valence electrons. The van der Waals surface area contributed by atoms with Crippen molar-refractivity contribution in [3.63, 3.8) is 0 Å². The molecule has 0 amide bonds. The van der Waals surface area contributed by atoms with Gasteiger partial charge in [0.15, 0.2) is 0 Å². The second-order valence-electron chi connectivity index (χ2n) is 4.36. The summed E-state index contributed by atoms with van der Waals surface area (Å²) in [5, 5.41) is 12.7. The Kier molecular flexibility index (Phi) is 4.51. The highest BCUT2D eigenvalue weighted by Gasteiger charge is 2.16. The number of anilines is 1. The zero-order valence-corrected chi connectivity index (χ0v) is 12.3. The molecule has 0 aliphatic carbocycles. The van der Waals surface area contributed by atoms with Crippen molar-refractivity contribution in [3.05, 3.63) is 52.4 Å². The molecule has 0 fully saturated rings. The minimum Gasteiger partial charge on any atom is -0.463 e. The molecule has 0 bridgehead atoms. The molecule has 2 aromatic rings. The topological polar surface area (TPSA) is 75.3 Å². The Bertz CT molecular complexity index is 703. The fourth-order valence-corrected chi connectivity index (χ4v) is 2.01. The number of furan rings is 1. The van der Waals surface area contributed by atoms with Crippen LogP contribution in [0.2, 0.25) is 5.02 Å². The van der Waals surface area contributed by atoms with Crippen LogP contribution in [0.3, 0.4) is 0 Å². The molecule has 1 unspecified atom stereocenters. The fraction of sp³-hybridized carbons (Fsp3) is 0.200. The largest absolute Gasteiger partial charge is 0.463 e. The molecular weight excluding hydrogens is 292 g/mol. The Morgan fingerprint density at radius 3 is 2.86 bits per heavy atom. The van der Waals surface area contributed by atoms with Crippen LogP contribution in [0, 0.1) is 11.3 Å². The number of hydrogen-bond donors (Lipinski definition) is 1. The van der Waals surface area contributed by atoms with Crippen molar-refractivity contribution < 1.29 is 13.9 Å². The van der Waals surface area contributed by atoms with Gasteiger partial charge in [-0.2, -0.15) is 5.26 Å². The van der Waals surface area contributed by atoms with Crippen molar-refractivity contribution in [3.8, 4) is 6.07 Å². The van der Waals surface area contributed by atoms with E-state index in [-0.39, 0.29) is 11.8 Å². The maximum absolute atomic E-state index is 11.4. The summed E-state index contributed by atoms with van der Waals surface area (Å²) >= 11 is 5.93. The first-order chi connectivity index (χ1) is 10.0. The fourth-order valence-electron chi connectivity index (χ4n) is 1.83. The molecule has 1 atom stereocenters. The lowest BCUT2D eigenvalue weighted by atomic mass is 10.1. The van der Waals surface area contributed by atoms with Gasteiger partial charge in [0.2, 0.25) is 5.76 Å². The molecule has 1 aromatic carbocycles. The summed E-state index contributed by atoms with van der Waals surface area (Å²) in [5.74, 6) is 0.154. The standard InChI is InChI=1S/C15H13ClN2O3/c1-9(13-5-6-14(21-13)15(19)20-2)18-12-7-11(16)4-3-10(12)8-17/h3-7,9,18H,1-2H3. The highest BCUT2D eigenvalue weighted by atomic mass is 35.5. The van der Waals surface area contributed by atoms with Crippen molar-refractivity contribution in [2.24, 2.45) is 0 Å². The van der Waals surface area contributed by atoms with Gasteiger partial charge in [0.05, 0.1) is 24.4 Å². The van der Waals surface area contributed by atoms with Crippen LogP contribution in [-0.4, -0.2) is 13.1 Å². The normalized spacial score (nSPS) is 11.5. The third-order valence-electron chi connectivity index (χ3n) is 2.91. The van der Waals surface area contributed by atoms with E-state index >= 15 is 0 Å². The van der Waals surface area contributed by atoms with Crippen molar-refractivity contribution in [2.75, 3.05) is 12.4 Å². The van der Waals surface area contributed by atoms with Crippen LogP contribution in [0.15, 0.2) is 34.7 Å². The first kappa shape index (κ1) is 14.9. The lowest BCUT2D eigenvalue weighted by Crippen LogP contribution is -2.07. The molecule has 0 aliphatic heterocycles. The highest BCUT2D eigenvalue weighted by molar-refractivity contribution is 6.30. The van der Waals surface area contributed by atoms with Crippen LogP contribution in [0.1, 0.15) is 34.8 Å². The number of halogens is 1. The summed E-state index contributed by atoms with van der Waals surface area (Å²) < 4.78 is 10.0. The third kappa shape index (κ3) is 3.36. The van der Waals surface area contributed by atoms with E-state index in [4.69, 9.17) is 21.3 Å². The summed E-state index contributed by atoms with van der Waals surface area (Å²) in [5.41, 5.74) is 1.08. The smallest absolute Gasteiger partial charge is 0.373 e. The van der Waals surface area contributed by atoms with E-state index in [9.17, 15) is 4.79 Å². The Morgan fingerprint density at radius 1 is 1.43 bits per heavy atom. The minimum atomic E-state index is -0.533. The number of carbonyl (C=O) groups is 1. The molecular formula is C15H13ClN2O3. The van der Waals surface area contributed by atoms with Gasteiger partial charge in [-0.05, 0) is 37.3 Å². The van der Waals surface area contributed by atoms with Crippen molar-refractivity contribution in [1.82, 2.24) is 0 Å². The predicted octanol–water partition coefficient (Wildman–Crippen LogP) is 3.76. The minimum absolute atomic E-state index is 0.132. The molecule has 0 saturated heterocycles. The van der Waals surface area contributed by atoms with Crippen LogP contribution in [0.4, 0.5) is 5.69 Å². The second kappa shape index (κ2) is 6.33. The van der Waals surface area contributed by atoms with Gasteiger partial charge >= 0.3 is 5.97 Å². The predicted molar refractivity (Wildman–Crippen MR) is 78.3 cm³/mol. The van der Waals surface area contributed by atoms with Gasteiger partial charge in [0.25, 0.3) is 0 Å². The molecule has 2 rings (SSSR count). The van der Waals surface area contributed by atoms with Gasteiger partial charge in [-0.25, -0.2) is 4.79 Å². The number of rotatable bonds is 4. The lowest BCUT2D eigenvalue weighted by Gasteiger charge is -2.14. The number of carbonyl (C=O) groups excluding carboxylic acids is 1. The monoisotopic (exact) mass is 304 g/mol. The summed E-state index contributed by atoms with van der Waals surface area (Å²) in [7, 11) is 1.29. The molecule has 0 aliphatic rings. The van der Waals surface area contributed by atoms with Gasteiger partial charge in [-0.1, -0.05) is 11.6 Å². The van der Waals surface area contributed by atoms with E-state index in [1.807, 2.05) is 6.92 Å². The van der Waals surface area contributed by atoms with Crippen LogP contribution in [-0.2, 0) is 4.74 Å². The molecule has 0 spiro atoms. The van der Waals surface area contributed by atoms with Crippen LogP contribution in [0.5, 0.6) is 0 Å². The number of methoxy groups -OCH3 is 1. The zero-order chi connectivity index (χ0) is 15.4.